The average molecular weight is 408 g/mol. The number of rotatable bonds is 3. The monoisotopic (exact) mass is 407 g/mol. The first-order chi connectivity index (χ1) is 12.5. The minimum atomic E-state index is -0.345. The van der Waals surface area contributed by atoms with Crippen LogP contribution in [0.3, 0.4) is 0 Å². The number of hydrogen-bond acceptors (Lipinski definition) is 3. The van der Waals surface area contributed by atoms with Gasteiger partial charge in [-0.05, 0) is 61.9 Å². The molecular formula is C21H18BrN3O. The van der Waals surface area contributed by atoms with Crippen molar-refractivity contribution in [2.75, 3.05) is 10.2 Å². The number of hydrogen-bond donors (Lipinski definition) is 1. The van der Waals surface area contributed by atoms with Crippen LogP contribution in [-0.4, -0.2) is 10.9 Å². The summed E-state index contributed by atoms with van der Waals surface area (Å²) in [4.78, 5) is 19.3. The second-order valence-corrected chi connectivity index (χ2v) is 7.31. The maximum Gasteiger partial charge on any atom is 0.262 e. The molecule has 1 aliphatic rings. The Morgan fingerprint density at radius 1 is 1.08 bits per heavy atom. The van der Waals surface area contributed by atoms with E-state index in [1.54, 1.807) is 17.2 Å². The summed E-state index contributed by atoms with van der Waals surface area (Å²) in [5.74, 6) is -0.0386. The zero-order chi connectivity index (χ0) is 18.3. The summed E-state index contributed by atoms with van der Waals surface area (Å²) in [6.45, 7) is 4.07. The minimum absolute atomic E-state index is 0.0386. The van der Waals surface area contributed by atoms with E-state index in [9.17, 15) is 4.79 Å². The van der Waals surface area contributed by atoms with Crippen LogP contribution in [0.2, 0.25) is 0 Å². The van der Waals surface area contributed by atoms with Gasteiger partial charge in [-0.15, -0.1) is 0 Å². The highest BCUT2D eigenvalue weighted by atomic mass is 79.9. The van der Waals surface area contributed by atoms with Gasteiger partial charge in [-0.3, -0.25) is 14.7 Å². The number of carbonyl (C=O) groups excluding carboxylic acids is 1. The van der Waals surface area contributed by atoms with Gasteiger partial charge in [0.1, 0.15) is 0 Å². The molecule has 3 aromatic rings. The highest BCUT2D eigenvalue weighted by Gasteiger charge is 2.38. The fraction of sp³-hybridized carbons (Fsp3) is 0.143. The second-order valence-electron chi connectivity index (χ2n) is 6.46. The summed E-state index contributed by atoms with van der Waals surface area (Å²) in [7, 11) is 0. The molecule has 130 valence electrons. The lowest BCUT2D eigenvalue weighted by atomic mass is 10.2. The number of anilines is 2. The average Bonchev–Trinajstić information content (AvgIpc) is 2.92. The van der Waals surface area contributed by atoms with E-state index in [0.29, 0.717) is 5.56 Å². The molecule has 0 saturated heterocycles. The van der Waals surface area contributed by atoms with E-state index in [1.807, 2.05) is 56.3 Å². The van der Waals surface area contributed by atoms with Gasteiger partial charge in [0.2, 0.25) is 0 Å². The number of nitrogens with zero attached hydrogens (tertiary/aromatic N) is 2. The van der Waals surface area contributed by atoms with Crippen molar-refractivity contribution in [3.63, 3.8) is 0 Å². The first-order valence-corrected chi connectivity index (χ1v) is 9.22. The first-order valence-electron chi connectivity index (χ1n) is 8.42. The molecule has 2 aromatic carbocycles. The van der Waals surface area contributed by atoms with Crippen LogP contribution in [0.15, 0.2) is 65.3 Å². The second kappa shape index (κ2) is 6.57. The van der Waals surface area contributed by atoms with Gasteiger partial charge in [-0.2, -0.15) is 0 Å². The Morgan fingerprint density at radius 2 is 1.85 bits per heavy atom. The predicted octanol–water partition coefficient (Wildman–Crippen LogP) is 5.23. The van der Waals surface area contributed by atoms with Crippen molar-refractivity contribution in [2.45, 2.75) is 20.0 Å². The van der Waals surface area contributed by atoms with Crippen molar-refractivity contribution in [1.29, 1.82) is 0 Å². The van der Waals surface area contributed by atoms with Crippen molar-refractivity contribution in [1.82, 2.24) is 4.98 Å². The van der Waals surface area contributed by atoms with Gasteiger partial charge < -0.3 is 5.32 Å². The van der Waals surface area contributed by atoms with E-state index in [-0.39, 0.29) is 12.1 Å². The SMILES string of the molecule is Cc1ccc(N2C(=O)c3cccnc3C2Nc2ccc(Br)c(C)c2)cc1. The molecule has 4 rings (SSSR count). The lowest BCUT2D eigenvalue weighted by Crippen LogP contribution is -2.32. The maximum atomic E-state index is 13.0. The van der Waals surface area contributed by atoms with Crippen LogP contribution in [0.25, 0.3) is 0 Å². The van der Waals surface area contributed by atoms with E-state index < -0.39 is 0 Å². The first kappa shape index (κ1) is 16.8. The smallest absolute Gasteiger partial charge is 0.262 e. The third-order valence-electron chi connectivity index (χ3n) is 4.58. The molecule has 1 aliphatic heterocycles. The molecule has 0 saturated carbocycles. The molecule has 4 nitrogen and oxygen atoms in total. The summed E-state index contributed by atoms with van der Waals surface area (Å²) < 4.78 is 1.06. The Kier molecular flexibility index (Phi) is 4.24. The molecule has 0 aliphatic carbocycles. The van der Waals surface area contributed by atoms with Crippen LogP contribution in [0.1, 0.15) is 33.3 Å². The standard InChI is InChI=1S/C21H18BrN3O/c1-13-5-8-16(9-6-13)25-20(19-17(21(25)26)4-3-11-23-19)24-15-7-10-18(22)14(2)12-15/h3-12,20,24H,1-2H3. The van der Waals surface area contributed by atoms with Crippen molar-refractivity contribution >= 4 is 33.2 Å². The van der Waals surface area contributed by atoms with Gasteiger partial charge >= 0.3 is 0 Å². The number of carbonyl (C=O) groups is 1. The number of pyridine rings is 1. The van der Waals surface area contributed by atoms with E-state index in [1.165, 1.54) is 0 Å². The summed E-state index contributed by atoms with van der Waals surface area (Å²) in [5, 5.41) is 3.48. The summed E-state index contributed by atoms with van der Waals surface area (Å²) in [6, 6.07) is 17.7. The molecule has 1 atom stereocenters. The molecule has 0 spiro atoms. The lowest BCUT2D eigenvalue weighted by molar-refractivity contribution is 0.0993. The van der Waals surface area contributed by atoms with E-state index >= 15 is 0 Å². The van der Waals surface area contributed by atoms with E-state index in [0.717, 1.165) is 32.7 Å². The number of nitrogens with one attached hydrogen (secondary N) is 1. The molecule has 26 heavy (non-hydrogen) atoms. The number of halogens is 1. The van der Waals surface area contributed by atoms with Crippen LogP contribution in [0, 0.1) is 13.8 Å². The highest BCUT2D eigenvalue weighted by Crippen LogP contribution is 2.37. The van der Waals surface area contributed by atoms with E-state index in [2.05, 4.69) is 32.3 Å². The molecule has 1 aromatic heterocycles. The third kappa shape index (κ3) is 2.88. The normalized spacial score (nSPS) is 15.9. The largest absolute Gasteiger partial charge is 0.360 e. The molecule has 0 radical (unpaired) electrons. The number of aromatic nitrogens is 1. The predicted molar refractivity (Wildman–Crippen MR) is 107 cm³/mol. The molecule has 1 amide bonds. The summed E-state index contributed by atoms with van der Waals surface area (Å²) in [6.07, 6.45) is 1.38. The zero-order valence-electron chi connectivity index (χ0n) is 14.5. The minimum Gasteiger partial charge on any atom is -0.360 e. The van der Waals surface area contributed by atoms with Crippen molar-refractivity contribution in [3.05, 3.63) is 87.7 Å². The number of fused-ring (bicyclic) bond motifs is 1. The summed E-state index contributed by atoms with van der Waals surface area (Å²) in [5.41, 5.74) is 5.47. The molecule has 5 heteroatoms. The van der Waals surface area contributed by atoms with Crippen LogP contribution in [0.5, 0.6) is 0 Å². The molecule has 0 fully saturated rings. The number of aryl methyl sites for hydroxylation is 2. The Bertz CT molecular complexity index is 985. The summed E-state index contributed by atoms with van der Waals surface area (Å²) >= 11 is 3.53. The third-order valence-corrected chi connectivity index (χ3v) is 5.47. The van der Waals surface area contributed by atoms with Gasteiger partial charge in [0.25, 0.3) is 5.91 Å². The molecular weight excluding hydrogens is 390 g/mol. The maximum absolute atomic E-state index is 13.0. The van der Waals surface area contributed by atoms with Gasteiger partial charge in [0, 0.05) is 22.0 Å². The Labute approximate surface area is 161 Å². The molecule has 1 N–H and O–H groups in total. The number of benzene rings is 2. The Balaban J connectivity index is 1.77. The van der Waals surface area contributed by atoms with Crippen LogP contribution in [-0.2, 0) is 0 Å². The highest BCUT2D eigenvalue weighted by molar-refractivity contribution is 9.10. The van der Waals surface area contributed by atoms with Gasteiger partial charge in [-0.25, -0.2) is 0 Å². The van der Waals surface area contributed by atoms with Crippen LogP contribution < -0.4 is 10.2 Å². The lowest BCUT2D eigenvalue weighted by Gasteiger charge is -2.27. The van der Waals surface area contributed by atoms with Crippen LogP contribution >= 0.6 is 15.9 Å². The van der Waals surface area contributed by atoms with Gasteiger partial charge in [0.15, 0.2) is 6.17 Å². The topological polar surface area (TPSA) is 45.2 Å². The molecule has 0 bridgehead atoms. The number of amides is 1. The van der Waals surface area contributed by atoms with Gasteiger partial charge in [-0.1, -0.05) is 33.6 Å². The van der Waals surface area contributed by atoms with E-state index in [4.69, 9.17) is 0 Å². The van der Waals surface area contributed by atoms with Crippen molar-refractivity contribution in [2.24, 2.45) is 0 Å². The Hall–Kier alpha value is -2.66. The fourth-order valence-electron chi connectivity index (χ4n) is 3.18. The van der Waals surface area contributed by atoms with Gasteiger partial charge in [0.05, 0.1) is 11.3 Å². The molecule has 2 heterocycles. The molecule has 1 unspecified atom stereocenters. The Morgan fingerprint density at radius 3 is 2.58 bits per heavy atom. The fourth-order valence-corrected chi connectivity index (χ4v) is 3.43. The van der Waals surface area contributed by atoms with Crippen molar-refractivity contribution in [3.8, 4) is 0 Å². The zero-order valence-corrected chi connectivity index (χ0v) is 16.1. The quantitative estimate of drug-likeness (QED) is 0.646. The van der Waals surface area contributed by atoms with Crippen LogP contribution in [0.4, 0.5) is 11.4 Å². The van der Waals surface area contributed by atoms with Crippen molar-refractivity contribution < 1.29 is 4.79 Å².